The number of aromatic nitrogens is 3. The number of carbonyl (C=O) groups is 3. The highest BCUT2D eigenvalue weighted by Gasteiger charge is 2.27. The number of anilines is 1. The summed E-state index contributed by atoms with van der Waals surface area (Å²) in [5, 5.41) is 10.5. The SMILES string of the molecule is Cl.NC(=O)C(=O)C(Cc1ccccc1)NC(=O)c1cccnc1-n1cc2c(n1)CCCN2. The monoisotopic (exact) mass is 454 g/mol. The van der Waals surface area contributed by atoms with E-state index in [0.717, 1.165) is 36.3 Å². The average Bonchev–Trinajstić information content (AvgIpc) is 3.23. The zero-order valence-corrected chi connectivity index (χ0v) is 18.0. The number of ketones is 1. The molecule has 0 spiro atoms. The maximum Gasteiger partial charge on any atom is 0.287 e. The third-order valence-electron chi connectivity index (χ3n) is 5.09. The van der Waals surface area contributed by atoms with Crippen LogP contribution in [-0.4, -0.2) is 44.9 Å². The number of amides is 2. The Balaban J connectivity index is 0.00000289. The molecule has 32 heavy (non-hydrogen) atoms. The molecule has 1 unspecified atom stereocenters. The van der Waals surface area contributed by atoms with E-state index in [9.17, 15) is 14.4 Å². The molecule has 0 radical (unpaired) electrons. The van der Waals surface area contributed by atoms with Gasteiger partial charge in [0.1, 0.15) is 6.04 Å². The molecule has 3 aromatic rings. The van der Waals surface area contributed by atoms with Crippen molar-refractivity contribution < 1.29 is 14.4 Å². The number of fused-ring (bicyclic) bond motifs is 1. The zero-order valence-electron chi connectivity index (χ0n) is 17.2. The van der Waals surface area contributed by atoms with E-state index in [4.69, 9.17) is 5.73 Å². The molecule has 2 aromatic heterocycles. The van der Waals surface area contributed by atoms with Gasteiger partial charge in [0.2, 0.25) is 5.78 Å². The van der Waals surface area contributed by atoms with E-state index in [1.54, 1.807) is 29.2 Å². The highest BCUT2D eigenvalue weighted by atomic mass is 35.5. The van der Waals surface area contributed by atoms with Gasteiger partial charge in [-0.2, -0.15) is 5.10 Å². The zero-order chi connectivity index (χ0) is 21.8. The van der Waals surface area contributed by atoms with E-state index in [1.165, 1.54) is 0 Å². The summed E-state index contributed by atoms with van der Waals surface area (Å²) in [6.07, 6.45) is 5.33. The minimum atomic E-state index is -1.10. The van der Waals surface area contributed by atoms with E-state index in [2.05, 4.69) is 20.7 Å². The Hall–Kier alpha value is -3.72. The molecule has 1 aromatic carbocycles. The van der Waals surface area contributed by atoms with Crippen molar-refractivity contribution in [1.29, 1.82) is 0 Å². The maximum atomic E-state index is 13.1. The lowest BCUT2D eigenvalue weighted by atomic mass is 10.0. The first-order valence-electron chi connectivity index (χ1n) is 9.99. The van der Waals surface area contributed by atoms with Crippen molar-refractivity contribution in [3.05, 3.63) is 71.7 Å². The van der Waals surface area contributed by atoms with Crippen molar-refractivity contribution in [2.24, 2.45) is 5.73 Å². The summed E-state index contributed by atoms with van der Waals surface area (Å²) in [6, 6.07) is 11.2. The second-order valence-electron chi connectivity index (χ2n) is 7.28. The predicted octanol–water partition coefficient (Wildman–Crippen LogP) is 1.44. The summed E-state index contributed by atoms with van der Waals surface area (Å²) in [7, 11) is 0. The number of hydrogen-bond acceptors (Lipinski definition) is 6. The van der Waals surface area contributed by atoms with E-state index < -0.39 is 23.6 Å². The van der Waals surface area contributed by atoms with Crippen LogP contribution in [0.25, 0.3) is 5.82 Å². The molecule has 4 N–H and O–H groups in total. The summed E-state index contributed by atoms with van der Waals surface area (Å²) in [6.45, 7) is 0.866. The van der Waals surface area contributed by atoms with Crippen molar-refractivity contribution in [3.8, 4) is 5.82 Å². The fourth-order valence-electron chi connectivity index (χ4n) is 3.55. The van der Waals surface area contributed by atoms with Crippen LogP contribution >= 0.6 is 12.4 Å². The third-order valence-corrected chi connectivity index (χ3v) is 5.09. The number of benzene rings is 1. The van der Waals surface area contributed by atoms with Gasteiger partial charge in [0.15, 0.2) is 5.82 Å². The van der Waals surface area contributed by atoms with Gasteiger partial charge in [-0.25, -0.2) is 9.67 Å². The van der Waals surface area contributed by atoms with Crippen LogP contribution in [0.5, 0.6) is 0 Å². The quantitative estimate of drug-likeness (QED) is 0.463. The summed E-state index contributed by atoms with van der Waals surface area (Å²) in [5.41, 5.74) is 8.06. The van der Waals surface area contributed by atoms with Gasteiger partial charge in [-0.15, -0.1) is 12.4 Å². The van der Waals surface area contributed by atoms with Gasteiger partial charge in [-0.05, 0) is 30.5 Å². The Labute approximate surface area is 190 Å². The molecule has 3 heterocycles. The molecule has 9 nitrogen and oxygen atoms in total. The minimum absolute atomic E-state index is 0. The van der Waals surface area contributed by atoms with Gasteiger partial charge >= 0.3 is 0 Å². The normalized spacial score (nSPS) is 13.1. The number of carbonyl (C=O) groups excluding carboxylic acids is 3. The van der Waals surface area contributed by atoms with Crippen molar-refractivity contribution in [2.75, 3.05) is 11.9 Å². The number of pyridine rings is 1. The largest absolute Gasteiger partial charge is 0.382 e. The number of nitrogens with zero attached hydrogens (tertiary/aromatic N) is 3. The fraction of sp³-hybridized carbons (Fsp3) is 0.227. The summed E-state index contributed by atoms with van der Waals surface area (Å²) in [4.78, 5) is 41.3. The molecule has 0 aliphatic carbocycles. The molecular weight excluding hydrogens is 432 g/mol. The van der Waals surface area contributed by atoms with Crippen LogP contribution in [0.1, 0.15) is 28.0 Å². The minimum Gasteiger partial charge on any atom is -0.382 e. The molecule has 0 bridgehead atoms. The van der Waals surface area contributed by atoms with Crippen molar-refractivity contribution in [2.45, 2.75) is 25.3 Å². The van der Waals surface area contributed by atoms with E-state index in [1.807, 2.05) is 30.3 Å². The van der Waals surface area contributed by atoms with E-state index in [-0.39, 0.29) is 24.4 Å². The Kier molecular flexibility index (Phi) is 7.21. The van der Waals surface area contributed by atoms with Crippen molar-refractivity contribution >= 4 is 35.7 Å². The molecule has 1 aliphatic rings. The predicted molar refractivity (Wildman–Crippen MR) is 121 cm³/mol. The van der Waals surface area contributed by atoms with Gasteiger partial charge in [-0.1, -0.05) is 30.3 Å². The molecule has 1 atom stereocenters. The number of hydrogen-bond donors (Lipinski definition) is 3. The molecule has 0 saturated heterocycles. The van der Waals surface area contributed by atoms with E-state index >= 15 is 0 Å². The number of rotatable bonds is 7. The maximum absolute atomic E-state index is 13.1. The first kappa shape index (κ1) is 23.0. The number of Topliss-reactive ketones (excluding diaryl/α,β-unsaturated/α-hetero) is 1. The van der Waals surface area contributed by atoms with Gasteiger partial charge in [0, 0.05) is 19.2 Å². The molecule has 1 aliphatic heterocycles. The first-order valence-corrected chi connectivity index (χ1v) is 9.99. The Bertz CT molecular complexity index is 1110. The van der Waals surface area contributed by atoms with Crippen molar-refractivity contribution in [1.82, 2.24) is 20.1 Å². The van der Waals surface area contributed by atoms with Crippen LogP contribution in [0.4, 0.5) is 5.69 Å². The summed E-state index contributed by atoms with van der Waals surface area (Å²) < 4.78 is 1.56. The summed E-state index contributed by atoms with van der Waals surface area (Å²) >= 11 is 0. The Morgan fingerprint density at radius 1 is 1.16 bits per heavy atom. The van der Waals surface area contributed by atoms with Gasteiger partial charge in [0.25, 0.3) is 11.8 Å². The van der Waals surface area contributed by atoms with Crippen LogP contribution in [0, 0.1) is 0 Å². The second kappa shape index (κ2) is 10.1. The van der Waals surface area contributed by atoms with Gasteiger partial charge < -0.3 is 16.4 Å². The number of nitrogens with two attached hydrogens (primary N) is 1. The fourth-order valence-corrected chi connectivity index (χ4v) is 3.55. The van der Waals surface area contributed by atoms with Crippen LogP contribution < -0.4 is 16.4 Å². The molecule has 2 amide bonds. The number of aryl methyl sites for hydroxylation is 1. The van der Waals surface area contributed by atoms with Crippen LogP contribution in [0.15, 0.2) is 54.9 Å². The summed E-state index contributed by atoms with van der Waals surface area (Å²) in [5.74, 6) is -2.17. The standard InChI is InChI=1S/C22H22N6O3.ClH/c23-20(30)19(29)17(12-14-6-2-1-3-7-14)26-22(31)15-8-4-11-25-21(15)28-13-18-16(27-28)9-5-10-24-18;/h1-4,6-8,11,13,17,24H,5,9-10,12H2,(H2,23,30)(H,26,31);1H. The highest BCUT2D eigenvalue weighted by Crippen LogP contribution is 2.22. The molecule has 10 heteroatoms. The van der Waals surface area contributed by atoms with E-state index in [0.29, 0.717) is 5.82 Å². The van der Waals surface area contributed by atoms with Crippen LogP contribution in [0.2, 0.25) is 0 Å². The number of primary amides is 1. The number of halogens is 1. The highest BCUT2D eigenvalue weighted by molar-refractivity contribution is 6.38. The lowest BCUT2D eigenvalue weighted by Gasteiger charge is -2.17. The van der Waals surface area contributed by atoms with Crippen LogP contribution in [0.3, 0.4) is 0 Å². The topological polar surface area (TPSA) is 132 Å². The molecular formula is C22H23ClN6O3. The van der Waals surface area contributed by atoms with Crippen LogP contribution in [-0.2, 0) is 22.4 Å². The molecule has 166 valence electrons. The van der Waals surface area contributed by atoms with Crippen molar-refractivity contribution in [3.63, 3.8) is 0 Å². The first-order chi connectivity index (χ1) is 15.0. The lowest BCUT2D eigenvalue weighted by molar-refractivity contribution is -0.137. The molecule has 0 fully saturated rings. The molecule has 0 saturated carbocycles. The van der Waals surface area contributed by atoms with Gasteiger partial charge in [0.05, 0.1) is 23.1 Å². The third kappa shape index (κ3) is 4.94. The smallest absolute Gasteiger partial charge is 0.287 e. The lowest BCUT2D eigenvalue weighted by Crippen LogP contribution is -2.47. The Morgan fingerprint density at radius 3 is 2.66 bits per heavy atom. The number of nitrogens with one attached hydrogen (secondary N) is 2. The second-order valence-corrected chi connectivity index (χ2v) is 7.28. The Morgan fingerprint density at radius 2 is 1.94 bits per heavy atom. The average molecular weight is 455 g/mol. The molecule has 4 rings (SSSR count). The van der Waals surface area contributed by atoms with Gasteiger partial charge in [-0.3, -0.25) is 14.4 Å².